The second-order valence-electron chi connectivity index (χ2n) is 4.22. The van der Waals surface area contributed by atoms with E-state index in [1.54, 1.807) is 0 Å². The molecule has 0 heterocycles. The lowest BCUT2D eigenvalue weighted by Gasteiger charge is -2.19. The fourth-order valence-electron chi connectivity index (χ4n) is 1.90. The molecule has 0 aliphatic rings. The number of para-hydroxylation sites is 1. The highest BCUT2D eigenvalue weighted by atomic mass is 16.5. The van der Waals surface area contributed by atoms with Gasteiger partial charge in [0.2, 0.25) is 0 Å². The van der Waals surface area contributed by atoms with E-state index in [1.165, 1.54) is 5.56 Å². The number of hydrogen-bond donors (Lipinski definition) is 1. The number of hydrogen-bond acceptors (Lipinski definition) is 2. The Labute approximate surface area is 109 Å². The van der Waals surface area contributed by atoms with Crippen molar-refractivity contribution in [2.24, 2.45) is 0 Å². The topological polar surface area (TPSA) is 21.3 Å². The molecule has 0 unspecified atom stereocenters. The maximum absolute atomic E-state index is 6.06. The second-order valence-corrected chi connectivity index (χ2v) is 4.22. The number of benzene rings is 2. The van der Waals surface area contributed by atoms with Crippen LogP contribution >= 0.6 is 0 Å². The zero-order valence-electron chi connectivity index (χ0n) is 10.7. The van der Waals surface area contributed by atoms with Crippen LogP contribution in [0.4, 0.5) is 0 Å². The van der Waals surface area contributed by atoms with E-state index in [0.29, 0.717) is 0 Å². The zero-order valence-corrected chi connectivity index (χ0v) is 10.7. The third kappa shape index (κ3) is 3.60. The Morgan fingerprint density at radius 2 is 1.56 bits per heavy atom. The molecule has 0 saturated carbocycles. The molecular weight excluding hydrogens is 222 g/mol. The summed E-state index contributed by atoms with van der Waals surface area (Å²) >= 11 is 0. The van der Waals surface area contributed by atoms with Gasteiger partial charge in [-0.1, -0.05) is 48.5 Å². The average molecular weight is 241 g/mol. The minimum absolute atomic E-state index is 0.0982. The summed E-state index contributed by atoms with van der Waals surface area (Å²) in [5, 5.41) is 3.17. The van der Waals surface area contributed by atoms with Gasteiger partial charge in [-0.2, -0.15) is 0 Å². The maximum Gasteiger partial charge on any atom is 0.125 e. The first kappa shape index (κ1) is 12.7. The Kier molecular flexibility index (Phi) is 4.79. The molecule has 0 saturated heterocycles. The van der Waals surface area contributed by atoms with Crippen molar-refractivity contribution in [3.05, 3.63) is 66.2 Å². The molecular formula is C16H19NO. The third-order valence-electron chi connectivity index (χ3n) is 2.85. The van der Waals surface area contributed by atoms with E-state index < -0.39 is 0 Å². The molecule has 2 aromatic rings. The lowest BCUT2D eigenvalue weighted by molar-refractivity contribution is 0.195. The SMILES string of the molecule is CNCC[C@H](Oc1ccccc1)c1ccccc1. The molecule has 0 amide bonds. The molecule has 0 fully saturated rings. The van der Waals surface area contributed by atoms with Crippen LogP contribution in [0.15, 0.2) is 60.7 Å². The van der Waals surface area contributed by atoms with E-state index in [-0.39, 0.29) is 6.10 Å². The molecule has 2 rings (SSSR count). The van der Waals surface area contributed by atoms with Crippen molar-refractivity contribution in [3.8, 4) is 5.75 Å². The highest BCUT2D eigenvalue weighted by Crippen LogP contribution is 2.24. The number of rotatable bonds is 6. The van der Waals surface area contributed by atoms with Crippen molar-refractivity contribution in [1.82, 2.24) is 5.32 Å². The third-order valence-corrected chi connectivity index (χ3v) is 2.85. The van der Waals surface area contributed by atoms with E-state index >= 15 is 0 Å². The molecule has 1 atom stereocenters. The van der Waals surface area contributed by atoms with Crippen molar-refractivity contribution in [1.29, 1.82) is 0 Å². The average Bonchev–Trinajstić information content (AvgIpc) is 2.45. The fraction of sp³-hybridized carbons (Fsp3) is 0.250. The molecule has 1 N–H and O–H groups in total. The summed E-state index contributed by atoms with van der Waals surface area (Å²) in [6.07, 6.45) is 1.05. The minimum Gasteiger partial charge on any atom is -0.486 e. The molecule has 2 nitrogen and oxygen atoms in total. The lowest BCUT2D eigenvalue weighted by Crippen LogP contribution is -2.16. The number of nitrogens with one attached hydrogen (secondary N) is 1. The van der Waals surface area contributed by atoms with Gasteiger partial charge in [0.1, 0.15) is 11.9 Å². The van der Waals surface area contributed by atoms with Crippen molar-refractivity contribution >= 4 is 0 Å². The van der Waals surface area contributed by atoms with Gasteiger partial charge in [-0.05, 0) is 31.3 Å². The standard InChI is InChI=1S/C16H19NO/c1-17-13-12-16(14-8-4-2-5-9-14)18-15-10-6-3-7-11-15/h2-11,16-17H,12-13H2,1H3/t16-/m0/s1. The Morgan fingerprint density at radius 3 is 2.17 bits per heavy atom. The van der Waals surface area contributed by atoms with Gasteiger partial charge in [-0.25, -0.2) is 0 Å². The van der Waals surface area contributed by atoms with E-state index in [4.69, 9.17) is 4.74 Å². The zero-order chi connectivity index (χ0) is 12.6. The molecule has 0 radical (unpaired) electrons. The van der Waals surface area contributed by atoms with Crippen LogP contribution in [0.3, 0.4) is 0 Å². The summed E-state index contributed by atoms with van der Waals surface area (Å²) in [4.78, 5) is 0. The van der Waals surface area contributed by atoms with Crippen molar-refractivity contribution in [2.75, 3.05) is 13.6 Å². The monoisotopic (exact) mass is 241 g/mol. The van der Waals surface area contributed by atoms with Gasteiger partial charge in [-0.3, -0.25) is 0 Å². The normalized spacial score (nSPS) is 12.1. The first-order valence-corrected chi connectivity index (χ1v) is 6.31. The summed E-state index contributed by atoms with van der Waals surface area (Å²) in [6, 6.07) is 20.3. The summed E-state index contributed by atoms with van der Waals surface area (Å²) in [7, 11) is 1.96. The molecule has 0 aliphatic carbocycles. The van der Waals surface area contributed by atoms with Crippen LogP contribution in [0.2, 0.25) is 0 Å². The minimum atomic E-state index is 0.0982. The molecule has 94 valence electrons. The van der Waals surface area contributed by atoms with Crippen LogP contribution in [0.5, 0.6) is 5.75 Å². The Morgan fingerprint density at radius 1 is 0.944 bits per heavy atom. The quantitative estimate of drug-likeness (QED) is 0.836. The predicted molar refractivity (Wildman–Crippen MR) is 74.8 cm³/mol. The van der Waals surface area contributed by atoms with Gasteiger partial charge < -0.3 is 10.1 Å². The van der Waals surface area contributed by atoms with Crippen LogP contribution in [-0.4, -0.2) is 13.6 Å². The van der Waals surface area contributed by atoms with E-state index in [1.807, 2.05) is 43.4 Å². The smallest absolute Gasteiger partial charge is 0.125 e. The summed E-state index contributed by atoms with van der Waals surface area (Å²) in [6.45, 7) is 0.937. The molecule has 2 aromatic carbocycles. The summed E-state index contributed by atoms with van der Waals surface area (Å²) < 4.78 is 6.06. The highest BCUT2D eigenvalue weighted by Gasteiger charge is 2.12. The molecule has 0 spiro atoms. The molecule has 2 heteroatoms. The first-order valence-electron chi connectivity index (χ1n) is 6.31. The Balaban J connectivity index is 2.10. The van der Waals surface area contributed by atoms with Crippen molar-refractivity contribution in [3.63, 3.8) is 0 Å². The van der Waals surface area contributed by atoms with Crippen LogP contribution < -0.4 is 10.1 Å². The van der Waals surface area contributed by atoms with Gasteiger partial charge >= 0.3 is 0 Å². The predicted octanol–water partition coefficient (Wildman–Crippen LogP) is 3.42. The van der Waals surface area contributed by atoms with Crippen LogP contribution in [0, 0.1) is 0 Å². The van der Waals surface area contributed by atoms with Crippen molar-refractivity contribution < 1.29 is 4.74 Å². The van der Waals surface area contributed by atoms with E-state index in [2.05, 4.69) is 29.6 Å². The van der Waals surface area contributed by atoms with Gasteiger partial charge in [0.15, 0.2) is 0 Å². The van der Waals surface area contributed by atoms with Gasteiger partial charge in [0, 0.05) is 6.42 Å². The van der Waals surface area contributed by atoms with Gasteiger partial charge in [0.05, 0.1) is 0 Å². The van der Waals surface area contributed by atoms with E-state index in [0.717, 1.165) is 18.7 Å². The molecule has 0 bridgehead atoms. The van der Waals surface area contributed by atoms with Gasteiger partial charge in [0.25, 0.3) is 0 Å². The lowest BCUT2D eigenvalue weighted by atomic mass is 10.1. The summed E-state index contributed by atoms with van der Waals surface area (Å²) in [5.74, 6) is 0.919. The Hall–Kier alpha value is -1.80. The molecule has 0 aromatic heterocycles. The largest absolute Gasteiger partial charge is 0.486 e. The first-order chi connectivity index (χ1) is 8.90. The number of ether oxygens (including phenoxy) is 1. The van der Waals surface area contributed by atoms with E-state index in [9.17, 15) is 0 Å². The van der Waals surface area contributed by atoms with Gasteiger partial charge in [-0.15, -0.1) is 0 Å². The highest BCUT2D eigenvalue weighted by molar-refractivity contribution is 5.24. The Bertz CT molecular complexity index is 441. The summed E-state index contributed by atoms with van der Waals surface area (Å²) in [5.41, 5.74) is 1.22. The molecule has 18 heavy (non-hydrogen) atoms. The second kappa shape index (κ2) is 6.82. The fourth-order valence-corrected chi connectivity index (χ4v) is 1.90. The van der Waals surface area contributed by atoms with Crippen LogP contribution in [0.1, 0.15) is 18.1 Å². The van der Waals surface area contributed by atoms with Crippen molar-refractivity contribution in [2.45, 2.75) is 12.5 Å². The maximum atomic E-state index is 6.06. The van der Waals surface area contributed by atoms with Crippen LogP contribution in [-0.2, 0) is 0 Å². The van der Waals surface area contributed by atoms with Crippen LogP contribution in [0.25, 0.3) is 0 Å². The molecule has 0 aliphatic heterocycles.